The van der Waals surface area contributed by atoms with Crippen molar-refractivity contribution >= 4 is 21.6 Å². The predicted octanol–water partition coefficient (Wildman–Crippen LogP) is 2.68. The first-order valence-corrected chi connectivity index (χ1v) is 11.1. The molecule has 3 aromatic rings. The van der Waals surface area contributed by atoms with Gasteiger partial charge in [-0.1, -0.05) is 0 Å². The molecule has 31 heavy (non-hydrogen) atoms. The smallest absolute Gasteiger partial charge is 0.257 e. The van der Waals surface area contributed by atoms with Crippen molar-refractivity contribution in [1.29, 1.82) is 0 Å². The lowest BCUT2D eigenvalue weighted by Gasteiger charge is -2.15. The quantitative estimate of drug-likeness (QED) is 0.544. The van der Waals surface area contributed by atoms with E-state index in [4.69, 9.17) is 9.47 Å². The number of benzene rings is 2. The van der Waals surface area contributed by atoms with Crippen LogP contribution in [0.4, 0.5) is 5.82 Å². The molecule has 1 heterocycles. The molecule has 0 saturated carbocycles. The molecule has 9 nitrogen and oxygen atoms in total. The van der Waals surface area contributed by atoms with Crippen LogP contribution in [0, 0.1) is 0 Å². The maximum absolute atomic E-state index is 12.7. The van der Waals surface area contributed by atoms with Crippen LogP contribution in [-0.4, -0.2) is 48.6 Å². The van der Waals surface area contributed by atoms with Crippen LogP contribution in [0.15, 0.2) is 65.7 Å². The highest BCUT2D eigenvalue weighted by Crippen LogP contribution is 2.29. The average molecular weight is 443 g/mol. The maximum Gasteiger partial charge on any atom is 0.257 e. The molecule has 1 atom stereocenters. The summed E-state index contributed by atoms with van der Waals surface area (Å²) in [5.74, 6) is 0.802. The molecule has 2 N–H and O–H groups in total. The monoisotopic (exact) mass is 443 g/mol. The van der Waals surface area contributed by atoms with Gasteiger partial charge in [0.25, 0.3) is 5.91 Å². The molecular weight excluding hydrogens is 422 g/mol. The van der Waals surface area contributed by atoms with E-state index >= 15 is 0 Å². The molecule has 0 aliphatic heterocycles. The van der Waals surface area contributed by atoms with E-state index in [0.717, 1.165) is 6.26 Å². The number of aliphatic hydroxyl groups excluding tert-OH is 1. The molecular formula is C21H21N3O6S. The molecule has 162 valence electrons. The summed E-state index contributed by atoms with van der Waals surface area (Å²) in [4.78, 5) is 12.8. The maximum atomic E-state index is 12.7. The Hall–Kier alpha value is -3.50. The van der Waals surface area contributed by atoms with E-state index in [1.807, 2.05) is 0 Å². The Kier molecular flexibility index (Phi) is 6.83. The van der Waals surface area contributed by atoms with Gasteiger partial charge >= 0.3 is 0 Å². The van der Waals surface area contributed by atoms with Gasteiger partial charge in [-0.15, -0.1) is 5.10 Å². The van der Waals surface area contributed by atoms with E-state index in [1.165, 1.54) is 42.6 Å². The number of nitrogens with zero attached hydrogens (tertiary/aromatic N) is 2. The zero-order valence-corrected chi connectivity index (χ0v) is 17.7. The number of aliphatic hydroxyl groups is 1. The van der Waals surface area contributed by atoms with Crippen molar-refractivity contribution in [3.63, 3.8) is 0 Å². The zero-order chi connectivity index (χ0) is 22.4. The number of amides is 1. The number of aromatic nitrogens is 2. The highest BCUT2D eigenvalue weighted by Gasteiger charge is 2.14. The zero-order valence-electron chi connectivity index (χ0n) is 16.8. The molecule has 0 saturated heterocycles. The summed E-state index contributed by atoms with van der Waals surface area (Å²) in [6.45, 7) is 1.47. The van der Waals surface area contributed by atoms with Gasteiger partial charge in [0.1, 0.15) is 23.4 Å². The molecule has 0 radical (unpaired) electrons. The second-order valence-corrected chi connectivity index (χ2v) is 8.73. The number of rotatable bonds is 8. The first-order valence-electron chi connectivity index (χ1n) is 9.24. The molecule has 0 unspecified atom stereocenters. The Bertz CT molecular complexity index is 1150. The van der Waals surface area contributed by atoms with E-state index in [0.29, 0.717) is 17.2 Å². The number of carbonyl (C=O) groups is 1. The molecule has 0 aliphatic carbocycles. The van der Waals surface area contributed by atoms with Crippen LogP contribution < -0.4 is 14.8 Å². The van der Waals surface area contributed by atoms with Crippen LogP contribution >= 0.6 is 0 Å². The minimum atomic E-state index is -3.33. The summed E-state index contributed by atoms with van der Waals surface area (Å²) in [5.41, 5.74) is 0.232. The fourth-order valence-electron chi connectivity index (χ4n) is 2.55. The van der Waals surface area contributed by atoms with Crippen LogP contribution in [0.2, 0.25) is 0 Å². The molecule has 1 aromatic heterocycles. The van der Waals surface area contributed by atoms with Gasteiger partial charge in [-0.3, -0.25) is 4.79 Å². The molecule has 0 spiro atoms. The van der Waals surface area contributed by atoms with Crippen LogP contribution in [0.1, 0.15) is 17.3 Å². The molecule has 0 aliphatic rings. The van der Waals surface area contributed by atoms with Gasteiger partial charge in [0.2, 0.25) is 0 Å². The third-order valence-electron chi connectivity index (χ3n) is 4.04. The number of carbonyl (C=O) groups excluding carboxylic acids is 1. The van der Waals surface area contributed by atoms with Gasteiger partial charge in [0.15, 0.2) is 15.7 Å². The predicted molar refractivity (Wildman–Crippen MR) is 113 cm³/mol. The van der Waals surface area contributed by atoms with E-state index in [2.05, 4.69) is 15.5 Å². The second-order valence-electron chi connectivity index (χ2n) is 6.71. The van der Waals surface area contributed by atoms with Gasteiger partial charge in [-0.2, -0.15) is 5.10 Å². The Morgan fingerprint density at radius 3 is 2.42 bits per heavy atom. The van der Waals surface area contributed by atoms with Gasteiger partial charge in [0, 0.05) is 24.1 Å². The fourth-order valence-corrected chi connectivity index (χ4v) is 3.18. The number of hydrogen-bond donors (Lipinski definition) is 2. The van der Waals surface area contributed by atoms with Crippen molar-refractivity contribution in [3.05, 3.63) is 66.4 Å². The lowest BCUT2D eigenvalue weighted by atomic mass is 10.2. The molecule has 3 rings (SSSR count). The Labute approximate surface area is 179 Å². The van der Waals surface area contributed by atoms with Crippen molar-refractivity contribution in [2.24, 2.45) is 0 Å². The van der Waals surface area contributed by atoms with E-state index in [1.54, 1.807) is 25.1 Å². The van der Waals surface area contributed by atoms with Gasteiger partial charge in [0.05, 0.1) is 11.5 Å². The summed E-state index contributed by atoms with van der Waals surface area (Å²) < 4.78 is 34.7. The third kappa shape index (κ3) is 6.24. The summed E-state index contributed by atoms with van der Waals surface area (Å²) in [6, 6.07) is 13.7. The number of anilines is 1. The Morgan fingerprint density at radius 1 is 1.10 bits per heavy atom. The fraction of sp³-hybridized carbons (Fsp3) is 0.190. The molecule has 0 fully saturated rings. The average Bonchev–Trinajstić information content (AvgIpc) is 2.74. The molecule has 0 bridgehead atoms. The SMILES string of the molecule is C[C@@H](CO)Oc1cc(Oc2ccc(S(C)(=O)=O)cc2)cc(C(=O)Nc2cccnn2)c1. The van der Waals surface area contributed by atoms with Crippen LogP contribution in [0.3, 0.4) is 0 Å². The van der Waals surface area contributed by atoms with E-state index < -0.39 is 21.8 Å². The first kappa shape index (κ1) is 22.2. The normalized spacial score (nSPS) is 12.1. The second kappa shape index (κ2) is 9.54. The third-order valence-corrected chi connectivity index (χ3v) is 5.17. The van der Waals surface area contributed by atoms with E-state index in [-0.39, 0.29) is 22.9 Å². The van der Waals surface area contributed by atoms with Crippen molar-refractivity contribution in [3.8, 4) is 17.2 Å². The summed E-state index contributed by atoms with van der Waals surface area (Å²) in [5, 5.41) is 19.4. The molecule has 10 heteroatoms. The van der Waals surface area contributed by atoms with Crippen LogP contribution in [-0.2, 0) is 9.84 Å². The lowest BCUT2D eigenvalue weighted by Crippen LogP contribution is -2.17. The largest absolute Gasteiger partial charge is 0.488 e. The lowest BCUT2D eigenvalue weighted by molar-refractivity contribution is 0.102. The molecule has 2 aromatic carbocycles. The summed E-state index contributed by atoms with van der Waals surface area (Å²) in [6.07, 6.45) is 2.11. The summed E-state index contributed by atoms with van der Waals surface area (Å²) >= 11 is 0. The van der Waals surface area contributed by atoms with Crippen molar-refractivity contribution in [2.45, 2.75) is 17.9 Å². The first-order chi connectivity index (χ1) is 14.7. The Balaban J connectivity index is 1.88. The number of nitrogens with one attached hydrogen (secondary N) is 1. The number of hydrogen-bond acceptors (Lipinski definition) is 8. The Morgan fingerprint density at radius 2 is 1.81 bits per heavy atom. The highest BCUT2D eigenvalue weighted by molar-refractivity contribution is 7.90. The standard InChI is InChI=1S/C21H21N3O6S/c1-14(13-25)29-17-10-15(21(26)23-20-4-3-9-22-24-20)11-18(12-17)30-16-5-7-19(8-6-16)31(2,27)28/h3-12,14,25H,13H2,1-2H3,(H,23,24,26)/t14-/m0/s1. The highest BCUT2D eigenvalue weighted by atomic mass is 32.2. The van der Waals surface area contributed by atoms with Crippen LogP contribution in [0.5, 0.6) is 17.2 Å². The van der Waals surface area contributed by atoms with Crippen molar-refractivity contribution < 1.29 is 27.8 Å². The number of sulfone groups is 1. The topological polar surface area (TPSA) is 128 Å². The van der Waals surface area contributed by atoms with Gasteiger partial charge in [-0.05, 0) is 55.5 Å². The van der Waals surface area contributed by atoms with Gasteiger partial charge < -0.3 is 19.9 Å². The van der Waals surface area contributed by atoms with Crippen LogP contribution in [0.25, 0.3) is 0 Å². The van der Waals surface area contributed by atoms with Crippen molar-refractivity contribution in [1.82, 2.24) is 10.2 Å². The minimum Gasteiger partial charge on any atom is -0.488 e. The molecule has 1 amide bonds. The van der Waals surface area contributed by atoms with Gasteiger partial charge in [-0.25, -0.2) is 8.42 Å². The number of ether oxygens (including phenoxy) is 2. The minimum absolute atomic E-state index is 0.165. The van der Waals surface area contributed by atoms with Crippen molar-refractivity contribution in [2.75, 3.05) is 18.2 Å². The van der Waals surface area contributed by atoms with E-state index in [9.17, 15) is 18.3 Å². The summed E-state index contributed by atoms with van der Waals surface area (Å²) in [7, 11) is -3.33.